The number of nitrogens with one attached hydrogen (secondary N) is 1. The summed E-state index contributed by atoms with van der Waals surface area (Å²) in [6.45, 7) is 2.70. The van der Waals surface area contributed by atoms with Crippen molar-refractivity contribution in [2.75, 3.05) is 6.61 Å². The molecule has 2 aliphatic rings. The van der Waals surface area contributed by atoms with Gasteiger partial charge in [-0.1, -0.05) is 49.1 Å². The first-order valence-electron chi connectivity index (χ1n) is 11.2. The van der Waals surface area contributed by atoms with Gasteiger partial charge in [-0.25, -0.2) is 0 Å². The number of carbonyl (C=O) groups is 1. The van der Waals surface area contributed by atoms with Crippen molar-refractivity contribution in [1.82, 2.24) is 10.2 Å². The summed E-state index contributed by atoms with van der Waals surface area (Å²) >= 11 is 15.3. The van der Waals surface area contributed by atoms with Gasteiger partial charge in [-0.2, -0.15) is 0 Å². The summed E-state index contributed by atoms with van der Waals surface area (Å²) in [6, 6.07) is 11.5. The van der Waals surface area contributed by atoms with E-state index >= 15 is 0 Å². The zero-order chi connectivity index (χ0) is 23.4. The topological polar surface area (TPSA) is 50.8 Å². The highest BCUT2D eigenvalue weighted by Crippen LogP contribution is 2.38. The van der Waals surface area contributed by atoms with Crippen LogP contribution < -0.4 is 14.8 Å². The van der Waals surface area contributed by atoms with E-state index in [1.807, 2.05) is 49.4 Å². The number of thiocarbonyl (C=S) groups is 1. The molecule has 1 aliphatic carbocycles. The molecule has 1 saturated carbocycles. The molecule has 1 N–H and O–H groups in total. The molecule has 1 saturated heterocycles. The lowest BCUT2D eigenvalue weighted by Gasteiger charge is -2.29. The molecule has 0 radical (unpaired) electrons. The second-order valence-corrected chi connectivity index (χ2v) is 9.75. The average Bonchev–Trinajstić information content (AvgIpc) is 3.07. The van der Waals surface area contributed by atoms with Crippen LogP contribution in [0.3, 0.4) is 0 Å². The van der Waals surface area contributed by atoms with Gasteiger partial charge in [0.05, 0.1) is 11.1 Å². The van der Waals surface area contributed by atoms with Crippen molar-refractivity contribution in [2.45, 2.75) is 51.7 Å². The molecule has 1 aliphatic heterocycles. The Labute approximate surface area is 213 Å². The van der Waals surface area contributed by atoms with Crippen molar-refractivity contribution in [3.63, 3.8) is 0 Å². The van der Waals surface area contributed by atoms with Gasteiger partial charge in [0.2, 0.25) is 0 Å². The third-order valence-electron chi connectivity index (χ3n) is 5.82. The van der Waals surface area contributed by atoms with Crippen molar-refractivity contribution in [3.8, 4) is 11.5 Å². The van der Waals surface area contributed by atoms with Crippen molar-refractivity contribution >= 4 is 56.8 Å². The Morgan fingerprint density at radius 3 is 2.70 bits per heavy atom. The number of benzene rings is 2. The van der Waals surface area contributed by atoms with E-state index in [2.05, 4.69) is 21.2 Å². The summed E-state index contributed by atoms with van der Waals surface area (Å²) in [5.74, 6) is 1.10. The van der Waals surface area contributed by atoms with E-state index in [0.29, 0.717) is 40.5 Å². The lowest BCUT2D eigenvalue weighted by Crippen LogP contribution is -2.41. The molecule has 0 atom stereocenters. The standard InChI is InChI=1S/C25H26BrClN2O3S/c1-2-31-22-14-16(12-19(26)23(22)32-15-17-8-6-7-11-20(17)27)13-21-24(30)29(25(33)28-21)18-9-4-3-5-10-18/h6-8,11-14,18H,2-5,9-10,15H2,1H3,(H,28,33)/b21-13-. The smallest absolute Gasteiger partial charge is 0.276 e. The van der Waals surface area contributed by atoms with Gasteiger partial charge in [0.15, 0.2) is 16.6 Å². The van der Waals surface area contributed by atoms with E-state index in [1.54, 1.807) is 4.90 Å². The highest BCUT2D eigenvalue weighted by Gasteiger charge is 2.36. The van der Waals surface area contributed by atoms with Gasteiger partial charge in [-0.05, 0) is 77.8 Å². The van der Waals surface area contributed by atoms with Gasteiger partial charge < -0.3 is 14.8 Å². The third kappa shape index (κ3) is 5.53. The van der Waals surface area contributed by atoms with Crippen molar-refractivity contribution in [2.24, 2.45) is 0 Å². The second kappa shape index (κ2) is 10.9. The number of nitrogens with zero attached hydrogens (tertiary/aromatic N) is 1. The van der Waals surface area contributed by atoms with Crippen molar-refractivity contribution in [1.29, 1.82) is 0 Å². The number of amides is 1. The number of carbonyl (C=O) groups excluding carboxylic acids is 1. The molecule has 0 bridgehead atoms. The Kier molecular flexibility index (Phi) is 7.94. The van der Waals surface area contributed by atoms with E-state index < -0.39 is 0 Å². The molecule has 2 fully saturated rings. The summed E-state index contributed by atoms with van der Waals surface area (Å²) in [4.78, 5) is 14.9. The molecule has 0 aromatic heterocycles. The van der Waals surface area contributed by atoms with Gasteiger partial charge in [-0.15, -0.1) is 0 Å². The predicted molar refractivity (Wildman–Crippen MR) is 139 cm³/mol. The van der Waals surface area contributed by atoms with Crippen LogP contribution in [0.1, 0.15) is 50.2 Å². The van der Waals surface area contributed by atoms with Crippen LogP contribution in [-0.4, -0.2) is 28.6 Å². The van der Waals surface area contributed by atoms with Crippen LogP contribution in [0.4, 0.5) is 0 Å². The summed E-state index contributed by atoms with van der Waals surface area (Å²) in [6.07, 6.45) is 7.30. The number of halogens is 2. The molecule has 0 spiro atoms. The molecule has 1 amide bonds. The van der Waals surface area contributed by atoms with Gasteiger partial charge in [0, 0.05) is 16.6 Å². The van der Waals surface area contributed by atoms with Crippen LogP contribution in [0.2, 0.25) is 5.02 Å². The van der Waals surface area contributed by atoms with Crippen molar-refractivity contribution in [3.05, 3.63) is 62.7 Å². The maximum atomic E-state index is 13.1. The highest BCUT2D eigenvalue weighted by molar-refractivity contribution is 9.10. The molecule has 8 heteroatoms. The van der Waals surface area contributed by atoms with E-state index in [0.717, 1.165) is 41.3 Å². The summed E-state index contributed by atoms with van der Waals surface area (Å²) in [7, 11) is 0. The van der Waals surface area contributed by atoms with Gasteiger partial charge in [0.25, 0.3) is 5.91 Å². The Morgan fingerprint density at radius 2 is 1.97 bits per heavy atom. The van der Waals surface area contributed by atoms with Crippen molar-refractivity contribution < 1.29 is 14.3 Å². The molecule has 0 unspecified atom stereocenters. The first-order valence-corrected chi connectivity index (χ1v) is 12.7. The fraction of sp³-hybridized carbons (Fsp3) is 0.360. The van der Waals surface area contributed by atoms with E-state index in [-0.39, 0.29) is 11.9 Å². The molecule has 33 heavy (non-hydrogen) atoms. The molecule has 1 heterocycles. The Morgan fingerprint density at radius 1 is 1.21 bits per heavy atom. The SMILES string of the molecule is CCOc1cc(/C=C2\NC(=S)N(C3CCCCC3)C2=O)cc(Br)c1OCc1ccccc1Cl. The van der Waals surface area contributed by atoms with E-state index in [4.69, 9.17) is 33.3 Å². The van der Waals surface area contributed by atoms with Gasteiger partial charge in [-0.3, -0.25) is 9.69 Å². The Bertz CT molecular complexity index is 1090. The molecule has 2 aromatic rings. The maximum Gasteiger partial charge on any atom is 0.276 e. The second-order valence-electron chi connectivity index (χ2n) is 8.10. The minimum absolute atomic E-state index is 0.0694. The van der Waals surface area contributed by atoms with Crippen LogP contribution in [0, 0.1) is 0 Å². The lowest BCUT2D eigenvalue weighted by molar-refractivity contribution is -0.124. The van der Waals surface area contributed by atoms with Crippen LogP contribution >= 0.6 is 39.7 Å². The Hall–Kier alpha value is -2.09. The third-order valence-corrected chi connectivity index (χ3v) is 7.08. The molecule has 4 rings (SSSR count). The summed E-state index contributed by atoms with van der Waals surface area (Å²) in [5, 5.41) is 4.24. The zero-order valence-electron chi connectivity index (χ0n) is 18.4. The molecule has 5 nitrogen and oxygen atoms in total. The quantitative estimate of drug-likeness (QED) is 0.317. The molecular weight excluding hydrogens is 524 g/mol. The number of ether oxygens (including phenoxy) is 2. The number of rotatable bonds is 7. The van der Waals surface area contributed by atoms with Gasteiger partial charge in [0.1, 0.15) is 12.3 Å². The first-order chi connectivity index (χ1) is 16.0. The first kappa shape index (κ1) is 24.0. The molecule has 2 aromatic carbocycles. The largest absolute Gasteiger partial charge is 0.490 e. The Balaban J connectivity index is 1.57. The molecule has 174 valence electrons. The maximum absolute atomic E-state index is 13.1. The monoisotopic (exact) mass is 548 g/mol. The predicted octanol–water partition coefficient (Wildman–Crippen LogP) is 6.47. The summed E-state index contributed by atoms with van der Waals surface area (Å²) < 4.78 is 12.6. The van der Waals surface area contributed by atoms with Gasteiger partial charge >= 0.3 is 0 Å². The minimum Gasteiger partial charge on any atom is -0.490 e. The van der Waals surface area contributed by atoms with Crippen LogP contribution in [0.5, 0.6) is 11.5 Å². The minimum atomic E-state index is -0.0694. The van der Waals surface area contributed by atoms with Crippen LogP contribution in [-0.2, 0) is 11.4 Å². The number of hydrogen-bond acceptors (Lipinski definition) is 4. The zero-order valence-corrected chi connectivity index (χ0v) is 21.6. The van der Waals surface area contributed by atoms with Crippen LogP contribution in [0.15, 0.2) is 46.6 Å². The fourth-order valence-corrected chi connectivity index (χ4v) is 5.33. The normalized spacial score (nSPS) is 18.0. The lowest BCUT2D eigenvalue weighted by atomic mass is 9.94. The van der Waals surface area contributed by atoms with Crippen LogP contribution in [0.25, 0.3) is 6.08 Å². The number of hydrogen-bond donors (Lipinski definition) is 1. The van der Waals surface area contributed by atoms with E-state index in [9.17, 15) is 4.79 Å². The highest BCUT2D eigenvalue weighted by atomic mass is 79.9. The summed E-state index contributed by atoms with van der Waals surface area (Å²) in [5.41, 5.74) is 2.17. The van der Waals surface area contributed by atoms with E-state index in [1.165, 1.54) is 6.42 Å². The molecular formula is C25H26BrClN2O3S. The average molecular weight is 550 g/mol. The fourth-order valence-electron chi connectivity index (χ4n) is 4.23.